The molecule has 2 aliphatic heterocycles. The van der Waals surface area contributed by atoms with Gasteiger partial charge in [-0.1, -0.05) is 0 Å². The molecule has 2 aliphatic rings. The van der Waals surface area contributed by atoms with Crippen molar-refractivity contribution in [3.8, 4) is 0 Å². The summed E-state index contributed by atoms with van der Waals surface area (Å²) in [5.74, 6) is 1.13. The van der Waals surface area contributed by atoms with Crippen LogP contribution in [0.15, 0.2) is 24.5 Å². The number of amides is 1. The monoisotopic (exact) mass is 283 g/mol. The summed E-state index contributed by atoms with van der Waals surface area (Å²) in [6, 6.07) is 5.86. The number of aromatic nitrogens is 2. The molecule has 6 heteroatoms. The van der Waals surface area contributed by atoms with Crippen molar-refractivity contribution >= 4 is 28.3 Å². The van der Waals surface area contributed by atoms with Gasteiger partial charge in [0, 0.05) is 24.2 Å². The van der Waals surface area contributed by atoms with E-state index >= 15 is 0 Å². The summed E-state index contributed by atoms with van der Waals surface area (Å²) in [7, 11) is 0. The van der Waals surface area contributed by atoms with Crippen molar-refractivity contribution in [2.75, 3.05) is 23.7 Å². The number of nitrogens with zero attached hydrogens (tertiary/aromatic N) is 3. The van der Waals surface area contributed by atoms with E-state index in [9.17, 15) is 4.79 Å². The number of hydrogen-bond donors (Lipinski definition) is 2. The lowest BCUT2D eigenvalue weighted by atomic mass is 9.91. The molecule has 3 N–H and O–H groups in total. The van der Waals surface area contributed by atoms with E-state index in [1.807, 2.05) is 18.2 Å². The Balaban J connectivity index is 1.82. The lowest BCUT2D eigenvalue weighted by Gasteiger charge is -2.37. The van der Waals surface area contributed by atoms with Crippen LogP contribution in [0.1, 0.15) is 12.8 Å². The van der Waals surface area contributed by atoms with Gasteiger partial charge in [0.05, 0.1) is 17.5 Å². The summed E-state index contributed by atoms with van der Waals surface area (Å²) in [5, 5.41) is 3.93. The van der Waals surface area contributed by atoms with Crippen molar-refractivity contribution < 1.29 is 4.79 Å². The van der Waals surface area contributed by atoms with Gasteiger partial charge in [-0.3, -0.25) is 4.79 Å². The first-order valence-corrected chi connectivity index (χ1v) is 7.28. The Morgan fingerprint density at radius 2 is 2.24 bits per heavy atom. The number of carbonyl (C=O) groups is 1. The molecule has 0 bridgehead atoms. The van der Waals surface area contributed by atoms with Gasteiger partial charge in [0.1, 0.15) is 12.1 Å². The Kier molecular flexibility index (Phi) is 2.70. The number of fused-ring (bicyclic) bond motifs is 2. The number of carbonyl (C=O) groups excluding carboxylic acids is 1. The minimum absolute atomic E-state index is 0.0739. The van der Waals surface area contributed by atoms with Gasteiger partial charge in [-0.25, -0.2) is 9.97 Å². The lowest BCUT2D eigenvalue weighted by Crippen LogP contribution is -2.46. The van der Waals surface area contributed by atoms with Crippen molar-refractivity contribution in [1.29, 1.82) is 0 Å². The number of piperidine rings is 1. The van der Waals surface area contributed by atoms with Crippen LogP contribution in [0.3, 0.4) is 0 Å². The third kappa shape index (κ3) is 1.90. The molecule has 1 amide bonds. The van der Waals surface area contributed by atoms with Gasteiger partial charge in [0.15, 0.2) is 0 Å². The highest BCUT2D eigenvalue weighted by Gasteiger charge is 2.41. The zero-order chi connectivity index (χ0) is 14.4. The highest BCUT2D eigenvalue weighted by Crippen LogP contribution is 2.34. The molecular formula is C15H17N5O. The summed E-state index contributed by atoms with van der Waals surface area (Å²) in [6.45, 7) is 1.61. The zero-order valence-electron chi connectivity index (χ0n) is 11.6. The molecule has 4 rings (SSSR count). The molecular weight excluding hydrogens is 266 g/mol. The molecule has 2 fully saturated rings. The molecule has 6 nitrogen and oxygen atoms in total. The standard InChI is InChI=1S/C15H17N5O/c16-9-3-4-12-11(6-9)14(19-8-18-12)20-5-1-2-10-13(20)7-17-15(10)21/h3-4,6,8,10,13H,1-2,5,7,16H2,(H,17,21). The molecule has 1 aromatic carbocycles. The van der Waals surface area contributed by atoms with E-state index in [1.165, 1.54) is 0 Å². The fourth-order valence-electron chi connectivity index (χ4n) is 3.50. The molecule has 0 spiro atoms. The molecule has 0 aliphatic carbocycles. The third-order valence-corrected chi connectivity index (χ3v) is 4.51. The average molecular weight is 283 g/mol. The summed E-state index contributed by atoms with van der Waals surface area (Å²) < 4.78 is 0. The number of nitrogens with two attached hydrogens (primary N) is 1. The van der Waals surface area contributed by atoms with Crippen LogP contribution in [0, 0.1) is 5.92 Å². The van der Waals surface area contributed by atoms with Gasteiger partial charge in [-0.2, -0.15) is 0 Å². The second kappa shape index (κ2) is 4.58. The van der Waals surface area contributed by atoms with E-state index in [2.05, 4.69) is 20.2 Å². The minimum Gasteiger partial charge on any atom is -0.399 e. The first-order valence-electron chi connectivity index (χ1n) is 7.28. The van der Waals surface area contributed by atoms with Crippen LogP contribution in [-0.2, 0) is 4.79 Å². The predicted octanol–water partition coefficient (Wildman–Crippen LogP) is 0.927. The van der Waals surface area contributed by atoms with E-state index in [1.54, 1.807) is 6.33 Å². The Morgan fingerprint density at radius 1 is 1.33 bits per heavy atom. The van der Waals surface area contributed by atoms with E-state index in [0.717, 1.165) is 36.1 Å². The van der Waals surface area contributed by atoms with Crippen molar-refractivity contribution in [3.63, 3.8) is 0 Å². The number of benzene rings is 1. The number of hydrogen-bond acceptors (Lipinski definition) is 5. The van der Waals surface area contributed by atoms with Gasteiger partial charge in [0.2, 0.25) is 5.91 Å². The maximum Gasteiger partial charge on any atom is 0.225 e. The average Bonchev–Trinajstić information content (AvgIpc) is 2.88. The van der Waals surface area contributed by atoms with Crippen molar-refractivity contribution in [2.24, 2.45) is 5.92 Å². The second-order valence-corrected chi connectivity index (χ2v) is 5.73. The van der Waals surface area contributed by atoms with Crippen LogP contribution in [0.2, 0.25) is 0 Å². The first kappa shape index (κ1) is 12.4. The van der Waals surface area contributed by atoms with Crippen LogP contribution in [0.4, 0.5) is 11.5 Å². The molecule has 108 valence electrons. The Bertz CT molecular complexity index is 716. The maximum atomic E-state index is 11.9. The van der Waals surface area contributed by atoms with Gasteiger partial charge >= 0.3 is 0 Å². The van der Waals surface area contributed by atoms with Crippen LogP contribution in [0.5, 0.6) is 0 Å². The molecule has 2 saturated heterocycles. The van der Waals surface area contributed by atoms with Crippen LogP contribution < -0.4 is 16.0 Å². The van der Waals surface area contributed by atoms with Gasteiger partial charge in [-0.05, 0) is 31.0 Å². The van der Waals surface area contributed by atoms with Crippen molar-refractivity contribution in [2.45, 2.75) is 18.9 Å². The van der Waals surface area contributed by atoms with Crippen molar-refractivity contribution in [1.82, 2.24) is 15.3 Å². The Morgan fingerprint density at radius 3 is 3.14 bits per heavy atom. The van der Waals surface area contributed by atoms with E-state index in [-0.39, 0.29) is 17.9 Å². The molecule has 2 atom stereocenters. The molecule has 3 heterocycles. The summed E-state index contributed by atoms with van der Waals surface area (Å²) in [6.07, 6.45) is 3.54. The Labute approximate surface area is 122 Å². The lowest BCUT2D eigenvalue weighted by molar-refractivity contribution is -0.122. The Hall–Kier alpha value is -2.37. The topological polar surface area (TPSA) is 84.1 Å². The summed E-state index contributed by atoms with van der Waals surface area (Å²) in [5.41, 5.74) is 7.50. The van der Waals surface area contributed by atoms with E-state index in [0.29, 0.717) is 12.2 Å². The predicted molar refractivity (Wildman–Crippen MR) is 80.8 cm³/mol. The molecule has 2 aromatic rings. The van der Waals surface area contributed by atoms with Crippen LogP contribution >= 0.6 is 0 Å². The molecule has 0 saturated carbocycles. The van der Waals surface area contributed by atoms with E-state index in [4.69, 9.17) is 5.73 Å². The van der Waals surface area contributed by atoms with Gasteiger partial charge in [-0.15, -0.1) is 0 Å². The third-order valence-electron chi connectivity index (χ3n) is 4.51. The van der Waals surface area contributed by atoms with Crippen LogP contribution in [0.25, 0.3) is 10.9 Å². The maximum absolute atomic E-state index is 11.9. The fraction of sp³-hybridized carbons (Fsp3) is 0.400. The number of rotatable bonds is 1. The largest absolute Gasteiger partial charge is 0.399 e. The van der Waals surface area contributed by atoms with Crippen LogP contribution in [-0.4, -0.2) is 35.0 Å². The zero-order valence-corrected chi connectivity index (χ0v) is 11.6. The smallest absolute Gasteiger partial charge is 0.225 e. The van der Waals surface area contributed by atoms with E-state index < -0.39 is 0 Å². The summed E-state index contributed by atoms with van der Waals surface area (Å²) in [4.78, 5) is 22.9. The summed E-state index contributed by atoms with van der Waals surface area (Å²) >= 11 is 0. The van der Waals surface area contributed by atoms with Gasteiger partial charge < -0.3 is 16.0 Å². The molecule has 0 radical (unpaired) electrons. The molecule has 2 unspecified atom stereocenters. The number of nitrogens with one attached hydrogen (secondary N) is 1. The quantitative estimate of drug-likeness (QED) is 0.761. The second-order valence-electron chi connectivity index (χ2n) is 5.73. The molecule has 21 heavy (non-hydrogen) atoms. The first-order chi connectivity index (χ1) is 10.2. The molecule has 1 aromatic heterocycles. The normalized spacial score (nSPS) is 25.0. The highest BCUT2D eigenvalue weighted by atomic mass is 16.2. The van der Waals surface area contributed by atoms with Crippen molar-refractivity contribution in [3.05, 3.63) is 24.5 Å². The number of anilines is 2. The fourth-order valence-corrected chi connectivity index (χ4v) is 3.50. The SMILES string of the molecule is Nc1ccc2ncnc(N3CCCC4C(=O)NCC43)c2c1. The number of nitrogen functional groups attached to an aromatic ring is 1. The van der Waals surface area contributed by atoms with Gasteiger partial charge in [0.25, 0.3) is 0 Å². The minimum atomic E-state index is 0.0739. The highest BCUT2D eigenvalue weighted by molar-refractivity contribution is 5.92.